The van der Waals surface area contributed by atoms with Crippen LogP contribution in [-0.4, -0.2) is 18.1 Å². The number of amides is 1. The van der Waals surface area contributed by atoms with Gasteiger partial charge in [0.15, 0.2) is 5.11 Å². The van der Waals surface area contributed by atoms with E-state index in [0.717, 1.165) is 5.56 Å². The molecule has 24 heavy (non-hydrogen) atoms. The Bertz CT molecular complexity index is 808. The minimum Gasteiger partial charge on any atom is -0.496 e. The van der Waals surface area contributed by atoms with Gasteiger partial charge in [0, 0.05) is 17.3 Å². The smallest absolute Gasteiger partial charge is 0.250 e. The van der Waals surface area contributed by atoms with Crippen LogP contribution >= 0.6 is 12.2 Å². The zero-order valence-corrected chi connectivity index (χ0v) is 13.8. The van der Waals surface area contributed by atoms with Crippen molar-refractivity contribution in [1.29, 1.82) is 5.26 Å². The highest BCUT2D eigenvalue weighted by atomic mass is 32.1. The second-order valence-corrected chi connectivity index (χ2v) is 5.12. The Kier molecular flexibility index (Phi) is 6.06. The van der Waals surface area contributed by atoms with Crippen LogP contribution in [0.25, 0.3) is 6.08 Å². The van der Waals surface area contributed by atoms with Crippen molar-refractivity contribution in [3.63, 3.8) is 0 Å². The molecule has 0 atom stereocenters. The SMILES string of the molecule is COc1ccccc1/C=C/C(=O)NC(=S)Nc1ccc(C#N)cc1. The van der Waals surface area contributed by atoms with Crippen molar-refractivity contribution < 1.29 is 9.53 Å². The molecule has 0 aromatic heterocycles. The largest absolute Gasteiger partial charge is 0.496 e. The van der Waals surface area contributed by atoms with Gasteiger partial charge in [0.25, 0.3) is 0 Å². The van der Waals surface area contributed by atoms with Gasteiger partial charge < -0.3 is 10.1 Å². The summed E-state index contributed by atoms with van der Waals surface area (Å²) in [6.07, 6.45) is 3.03. The number of para-hydroxylation sites is 1. The first-order valence-corrected chi connectivity index (χ1v) is 7.46. The van der Waals surface area contributed by atoms with Crippen molar-refractivity contribution >= 4 is 35.0 Å². The van der Waals surface area contributed by atoms with Gasteiger partial charge in [-0.25, -0.2) is 0 Å². The van der Waals surface area contributed by atoms with Gasteiger partial charge in [-0.15, -0.1) is 0 Å². The van der Waals surface area contributed by atoms with Crippen LogP contribution in [0.15, 0.2) is 54.6 Å². The van der Waals surface area contributed by atoms with E-state index in [-0.39, 0.29) is 11.0 Å². The zero-order valence-electron chi connectivity index (χ0n) is 12.9. The van der Waals surface area contributed by atoms with Crippen LogP contribution in [0.3, 0.4) is 0 Å². The number of thiocarbonyl (C=S) groups is 1. The summed E-state index contributed by atoms with van der Waals surface area (Å²) in [5, 5.41) is 14.4. The van der Waals surface area contributed by atoms with Gasteiger partial charge in [-0.1, -0.05) is 18.2 Å². The molecule has 0 radical (unpaired) electrons. The van der Waals surface area contributed by atoms with Gasteiger partial charge in [-0.2, -0.15) is 5.26 Å². The Morgan fingerprint density at radius 1 is 1.21 bits per heavy atom. The molecule has 0 unspecified atom stereocenters. The number of methoxy groups -OCH3 is 1. The van der Waals surface area contributed by atoms with Crippen LogP contribution in [0.4, 0.5) is 5.69 Å². The highest BCUT2D eigenvalue weighted by molar-refractivity contribution is 7.80. The number of carbonyl (C=O) groups excluding carboxylic acids is 1. The summed E-state index contributed by atoms with van der Waals surface area (Å²) in [5.74, 6) is 0.326. The predicted octanol–water partition coefficient (Wildman–Crippen LogP) is 3.09. The molecule has 0 saturated carbocycles. The molecule has 5 nitrogen and oxygen atoms in total. The van der Waals surface area contributed by atoms with Gasteiger partial charge in [-0.3, -0.25) is 10.1 Å². The number of nitrogens with zero attached hydrogens (tertiary/aromatic N) is 1. The zero-order chi connectivity index (χ0) is 17.4. The van der Waals surface area contributed by atoms with E-state index in [2.05, 4.69) is 10.6 Å². The van der Waals surface area contributed by atoms with Gasteiger partial charge in [-0.05, 0) is 48.6 Å². The molecule has 2 aromatic rings. The Morgan fingerprint density at radius 2 is 1.92 bits per heavy atom. The molecule has 0 aliphatic rings. The first-order chi connectivity index (χ1) is 11.6. The maximum atomic E-state index is 11.9. The number of hydrogen-bond acceptors (Lipinski definition) is 4. The lowest BCUT2D eigenvalue weighted by Gasteiger charge is -2.08. The summed E-state index contributed by atoms with van der Waals surface area (Å²) in [5.41, 5.74) is 2.03. The quantitative estimate of drug-likeness (QED) is 0.662. The summed E-state index contributed by atoms with van der Waals surface area (Å²) >= 11 is 5.09. The van der Waals surface area contributed by atoms with Gasteiger partial charge >= 0.3 is 0 Å². The molecule has 2 aromatic carbocycles. The lowest BCUT2D eigenvalue weighted by Crippen LogP contribution is -2.32. The molecule has 6 heteroatoms. The monoisotopic (exact) mass is 337 g/mol. The molecular weight excluding hydrogens is 322 g/mol. The molecule has 0 bridgehead atoms. The Hall–Kier alpha value is -3.17. The van der Waals surface area contributed by atoms with E-state index in [0.29, 0.717) is 17.0 Å². The summed E-state index contributed by atoms with van der Waals surface area (Å²) < 4.78 is 5.21. The van der Waals surface area contributed by atoms with Crippen molar-refractivity contribution in [2.24, 2.45) is 0 Å². The van der Waals surface area contributed by atoms with E-state index in [1.165, 1.54) is 6.08 Å². The summed E-state index contributed by atoms with van der Waals surface area (Å²) in [4.78, 5) is 11.9. The average molecular weight is 337 g/mol. The lowest BCUT2D eigenvalue weighted by atomic mass is 10.2. The third-order valence-corrected chi connectivity index (χ3v) is 3.27. The molecule has 0 fully saturated rings. The normalized spacial score (nSPS) is 10.0. The number of ether oxygens (including phenoxy) is 1. The number of hydrogen-bond donors (Lipinski definition) is 2. The molecule has 120 valence electrons. The highest BCUT2D eigenvalue weighted by Gasteiger charge is 2.03. The van der Waals surface area contributed by atoms with Crippen LogP contribution in [-0.2, 0) is 4.79 Å². The summed E-state index contributed by atoms with van der Waals surface area (Å²) in [6.45, 7) is 0. The second kappa shape index (κ2) is 8.46. The number of benzene rings is 2. The number of nitrogens with one attached hydrogen (secondary N) is 2. The summed E-state index contributed by atoms with van der Waals surface area (Å²) in [7, 11) is 1.57. The molecule has 2 N–H and O–H groups in total. The van der Waals surface area contributed by atoms with Crippen molar-refractivity contribution in [2.45, 2.75) is 0 Å². The molecule has 0 spiro atoms. The molecular formula is C18H15N3O2S. The first kappa shape index (κ1) is 17.2. The standard InChI is InChI=1S/C18H15N3O2S/c1-23-16-5-3-2-4-14(16)8-11-17(22)21-18(24)20-15-9-6-13(12-19)7-10-15/h2-11H,1H3,(H2,20,21,22,24)/b11-8+. The maximum absolute atomic E-state index is 11.9. The fraction of sp³-hybridized carbons (Fsp3) is 0.0556. The van der Waals surface area contributed by atoms with Crippen LogP contribution in [0.5, 0.6) is 5.75 Å². The number of anilines is 1. The minimum atomic E-state index is -0.355. The molecule has 2 rings (SSSR count). The fourth-order valence-electron chi connectivity index (χ4n) is 1.91. The minimum absolute atomic E-state index is 0.175. The third-order valence-electron chi connectivity index (χ3n) is 3.06. The van der Waals surface area contributed by atoms with Crippen molar-refractivity contribution in [3.05, 3.63) is 65.7 Å². The molecule has 0 heterocycles. The number of carbonyl (C=O) groups is 1. The van der Waals surface area contributed by atoms with Crippen LogP contribution in [0.2, 0.25) is 0 Å². The first-order valence-electron chi connectivity index (χ1n) is 7.05. The maximum Gasteiger partial charge on any atom is 0.250 e. The van der Waals surface area contributed by atoms with E-state index in [1.54, 1.807) is 37.5 Å². The van der Waals surface area contributed by atoms with E-state index >= 15 is 0 Å². The topological polar surface area (TPSA) is 74.2 Å². The van der Waals surface area contributed by atoms with E-state index in [9.17, 15) is 4.79 Å². The van der Waals surface area contributed by atoms with Crippen LogP contribution in [0.1, 0.15) is 11.1 Å². The second-order valence-electron chi connectivity index (χ2n) is 4.71. The Balaban J connectivity index is 1.92. The summed E-state index contributed by atoms with van der Waals surface area (Å²) in [6, 6.07) is 16.1. The molecule has 0 aliphatic heterocycles. The van der Waals surface area contributed by atoms with Crippen LogP contribution in [0, 0.1) is 11.3 Å². The fourth-order valence-corrected chi connectivity index (χ4v) is 2.13. The van der Waals surface area contributed by atoms with E-state index in [1.807, 2.05) is 30.3 Å². The number of nitriles is 1. The van der Waals surface area contributed by atoms with Gasteiger partial charge in [0.05, 0.1) is 18.7 Å². The van der Waals surface area contributed by atoms with Crippen LogP contribution < -0.4 is 15.4 Å². The van der Waals surface area contributed by atoms with Crippen molar-refractivity contribution in [3.8, 4) is 11.8 Å². The Labute approximate surface area is 145 Å². The predicted molar refractivity (Wildman–Crippen MR) is 97.5 cm³/mol. The van der Waals surface area contributed by atoms with Gasteiger partial charge in [0.1, 0.15) is 5.75 Å². The van der Waals surface area contributed by atoms with E-state index in [4.69, 9.17) is 22.2 Å². The average Bonchev–Trinajstić information content (AvgIpc) is 2.60. The lowest BCUT2D eigenvalue weighted by molar-refractivity contribution is -0.115. The van der Waals surface area contributed by atoms with Crippen molar-refractivity contribution in [2.75, 3.05) is 12.4 Å². The molecule has 0 saturated heterocycles. The highest BCUT2D eigenvalue weighted by Crippen LogP contribution is 2.18. The van der Waals surface area contributed by atoms with E-state index < -0.39 is 0 Å². The molecule has 0 aliphatic carbocycles. The number of rotatable bonds is 4. The van der Waals surface area contributed by atoms with Crippen molar-refractivity contribution in [1.82, 2.24) is 5.32 Å². The van der Waals surface area contributed by atoms with Gasteiger partial charge in [0.2, 0.25) is 5.91 Å². The molecule has 1 amide bonds. The third kappa shape index (κ3) is 4.93. The Morgan fingerprint density at radius 3 is 2.58 bits per heavy atom.